The van der Waals surface area contributed by atoms with E-state index in [1.54, 1.807) is 23.7 Å². The van der Waals surface area contributed by atoms with E-state index >= 15 is 0 Å². The highest BCUT2D eigenvalue weighted by molar-refractivity contribution is 7.13. The van der Waals surface area contributed by atoms with Gasteiger partial charge in [0, 0.05) is 42.5 Å². The molecule has 1 unspecified atom stereocenters. The Morgan fingerprint density at radius 2 is 2.26 bits per heavy atom. The fourth-order valence-electron chi connectivity index (χ4n) is 2.51. The van der Waals surface area contributed by atoms with Crippen molar-refractivity contribution >= 4 is 42.1 Å². The van der Waals surface area contributed by atoms with E-state index in [4.69, 9.17) is 5.73 Å². The summed E-state index contributed by atoms with van der Waals surface area (Å²) >= 11 is 1.55. The fourth-order valence-corrected chi connectivity index (χ4v) is 3.32. The van der Waals surface area contributed by atoms with Gasteiger partial charge in [0.2, 0.25) is 5.91 Å². The van der Waals surface area contributed by atoms with Crippen molar-refractivity contribution in [3.63, 3.8) is 0 Å². The molecule has 1 aliphatic rings. The lowest BCUT2D eigenvalue weighted by Gasteiger charge is -2.30. The van der Waals surface area contributed by atoms with Gasteiger partial charge in [0.15, 0.2) is 0 Å². The number of hydrogen-bond acceptors (Lipinski definition) is 5. The molecule has 2 aromatic rings. The van der Waals surface area contributed by atoms with Crippen molar-refractivity contribution in [2.24, 2.45) is 5.73 Å². The predicted octanol–water partition coefficient (Wildman–Crippen LogP) is 2.54. The van der Waals surface area contributed by atoms with Gasteiger partial charge in [0.05, 0.1) is 12.1 Å². The summed E-state index contributed by atoms with van der Waals surface area (Å²) in [4.78, 5) is 22.8. The standard InChI is InChI=1S/C15H18N4OS.2ClH/c16-12-4-2-6-19(9-12)14(20)7-13-10-21-15(18-13)11-3-1-5-17-8-11;;/h1,3,5,8,10,12H,2,4,6-7,9,16H2;2*1H. The lowest BCUT2D eigenvalue weighted by molar-refractivity contribution is -0.131. The van der Waals surface area contributed by atoms with Crippen LogP contribution in [0.2, 0.25) is 0 Å². The molecule has 1 fully saturated rings. The number of likely N-dealkylation sites (tertiary alicyclic amines) is 1. The van der Waals surface area contributed by atoms with Gasteiger partial charge in [-0.3, -0.25) is 9.78 Å². The van der Waals surface area contributed by atoms with Crippen LogP contribution in [0, 0.1) is 0 Å². The molecule has 0 saturated carbocycles. The largest absolute Gasteiger partial charge is 0.341 e. The van der Waals surface area contributed by atoms with E-state index in [0.29, 0.717) is 13.0 Å². The van der Waals surface area contributed by atoms with Gasteiger partial charge in [-0.2, -0.15) is 0 Å². The first-order valence-corrected chi connectivity index (χ1v) is 7.98. The number of piperidine rings is 1. The van der Waals surface area contributed by atoms with Crippen LogP contribution in [-0.4, -0.2) is 39.9 Å². The molecule has 0 aromatic carbocycles. The highest BCUT2D eigenvalue weighted by Gasteiger charge is 2.22. The average molecular weight is 375 g/mol. The Morgan fingerprint density at radius 1 is 1.43 bits per heavy atom. The van der Waals surface area contributed by atoms with Crippen LogP contribution in [0.1, 0.15) is 18.5 Å². The number of carbonyl (C=O) groups is 1. The number of amides is 1. The smallest absolute Gasteiger partial charge is 0.228 e. The molecule has 1 amide bonds. The quantitative estimate of drug-likeness (QED) is 0.895. The lowest BCUT2D eigenvalue weighted by atomic mass is 10.1. The number of carbonyl (C=O) groups excluding carboxylic acids is 1. The monoisotopic (exact) mass is 374 g/mol. The van der Waals surface area contributed by atoms with Crippen LogP contribution in [0.4, 0.5) is 0 Å². The van der Waals surface area contributed by atoms with Crippen LogP contribution in [0.5, 0.6) is 0 Å². The van der Waals surface area contributed by atoms with Crippen molar-refractivity contribution in [3.8, 4) is 10.6 Å². The maximum atomic E-state index is 12.3. The van der Waals surface area contributed by atoms with Gasteiger partial charge in [-0.15, -0.1) is 36.2 Å². The summed E-state index contributed by atoms with van der Waals surface area (Å²) in [5.74, 6) is 0.119. The van der Waals surface area contributed by atoms with Gasteiger partial charge in [-0.25, -0.2) is 4.98 Å². The first-order chi connectivity index (χ1) is 10.2. The normalized spacial score (nSPS) is 17.1. The first kappa shape index (κ1) is 19.8. The Labute approximate surface area is 152 Å². The van der Waals surface area contributed by atoms with Crippen molar-refractivity contribution in [3.05, 3.63) is 35.6 Å². The van der Waals surface area contributed by atoms with Crippen LogP contribution in [0.25, 0.3) is 10.6 Å². The first-order valence-electron chi connectivity index (χ1n) is 7.10. The SMILES string of the molecule is Cl.Cl.NC1CCCN(C(=O)Cc2csc(-c3cccnc3)n2)C1. The number of hydrogen-bond donors (Lipinski definition) is 1. The molecular formula is C15H20Cl2N4OS. The van der Waals surface area contributed by atoms with Crippen molar-refractivity contribution < 1.29 is 4.79 Å². The zero-order valence-electron chi connectivity index (χ0n) is 12.6. The molecule has 2 aromatic heterocycles. The van der Waals surface area contributed by atoms with Crippen LogP contribution >= 0.6 is 36.2 Å². The van der Waals surface area contributed by atoms with Gasteiger partial charge in [-0.1, -0.05) is 0 Å². The predicted molar refractivity (Wildman–Crippen MR) is 97.3 cm³/mol. The van der Waals surface area contributed by atoms with Crippen molar-refractivity contribution in [1.82, 2.24) is 14.9 Å². The summed E-state index contributed by atoms with van der Waals surface area (Å²) in [5, 5.41) is 2.85. The summed E-state index contributed by atoms with van der Waals surface area (Å²) in [6.45, 7) is 1.48. The van der Waals surface area contributed by atoms with Crippen molar-refractivity contribution in [2.45, 2.75) is 25.3 Å². The molecule has 0 radical (unpaired) electrons. The van der Waals surface area contributed by atoms with E-state index in [1.165, 1.54) is 0 Å². The number of halogens is 2. The number of rotatable bonds is 3. The maximum Gasteiger partial charge on any atom is 0.228 e. The second kappa shape index (κ2) is 9.17. The molecule has 2 N–H and O–H groups in total. The summed E-state index contributed by atoms with van der Waals surface area (Å²) in [7, 11) is 0. The number of aromatic nitrogens is 2. The van der Waals surface area contributed by atoms with E-state index in [1.807, 2.05) is 22.4 Å². The van der Waals surface area contributed by atoms with E-state index in [2.05, 4.69) is 9.97 Å². The molecule has 5 nitrogen and oxygen atoms in total. The summed E-state index contributed by atoms with van der Waals surface area (Å²) in [5.41, 5.74) is 7.73. The van der Waals surface area contributed by atoms with Crippen molar-refractivity contribution in [2.75, 3.05) is 13.1 Å². The molecule has 3 heterocycles. The minimum atomic E-state index is 0. The third kappa shape index (κ3) is 5.14. The second-order valence-corrected chi connectivity index (χ2v) is 6.16. The van der Waals surface area contributed by atoms with Crippen LogP contribution < -0.4 is 5.73 Å². The van der Waals surface area contributed by atoms with Crippen LogP contribution in [-0.2, 0) is 11.2 Å². The zero-order valence-corrected chi connectivity index (χ0v) is 15.0. The highest BCUT2D eigenvalue weighted by atomic mass is 35.5. The Bertz CT molecular complexity index is 623. The lowest BCUT2D eigenvalue weighted by Crippen LogP contribution is -2.46. The van der Waals surface area contributed by atoms with Crippen molar-refractivity contribution in [1.29, 1.82) is 0 Å². The van der Waals surface area contributed by atoms with Gasteiger partial charge >= 0.3 is 0 Å². The van der Waals surface area contributed by atoms with Gasteiger partial charge in [0.1, 0.15) is 5.01 Å². The highest BCUT2D eigenvalue weighted by Crippen LogP contribution is 2.23. The van der Waals surface area contributed by atoms with Crippen LogP contribution in [0.3, 0.4) is 0 Å². The topological polar surface area (TPSA) is 72.1 Å². The van der Waals surface area contributed by atoms with E-state index in [9.17, 15) is 4.79 Å². The number of nitrogens with zero attached hydrogens (tertiary/aromatic N) is 3. The molecule has 126 valence electrons. The van der Waals surface area contributed by atoms with Gasteiger partial charge in [-0.05, 0) is 25.0 Å². The number of nitrogens with two attached hydrogens (primary N) is 1. The third-order valence-electron chi connectivity index (χ3n) is 3.60. The Morgan fingerprint density at radius 3 is 2.96 bits per heavy atom. The molecule has 0 spiro atoms. The molecule has 3 rings (SSSR count). The molecule has 0 bridgehead atoms. The van der Waals surface area contributed by atoms with Crippen LogP contribution in [0.15, 0.2) is 29.9 Å². The van der Waals surface area contributed by atoms with E-state index < -0.39 is 0 Å². The molecule has 8 heteroatoms. The van der Waals surface area contributed by atoms with Gasteiger partial charge in [0.25, 0.3) is 0 Å². The third-order valence-corrected chi connectivity index (χ3v) is 4.54. The van der Waals surface area contributed by atoms with E-state index in [-0.39, 0.29) is 36.8 Å². The zero-order chi connectivity index (χ0) is 14.7. The Hall–Kier alpha value is -1.21. The molecular weight excluding hydrogens is 355 g/mol. The Balaban J connectivity index is 0.00000132. The molecule has 0 aliphatic carbocycles. The Kier molecular flexibility index (Phi) is 7.91. The molecule has 1 saturated heterocycles. The summed E-state index contributed by atoms with van der Waals surface area (Å²) < 4.78 is 0. The van der Waals surface area contributed by atoms with Gasteiger partial charge < -0.3 is 10.6 Å². The number of pyridine rings is 1. The number of thiazole rings is 1. The average Bonchev–Trinajstić information content (AvgIpc) is 2.97. The molecule has 23 heavy (non-hydrogen) atoms. The van der Waals surface area contributed by atoms with E-state index in [0.717, 1.165) is 35.7 Å². The minimum Gasteiger partial charge on any atom is -0.341 e. The fraction of sp³-hybridized carbons (Fsp3) is 0.400. The maximum absolute atomic E-state index is 12.3. The summed E-state index contributed by atoms with van der Waals surface area (Å²) in [6, 6.07) is 3.97. The molecule has 1 atom stereocenters. The molecule has 1 aliphatic heterocycles. The minimum absolute atomic E-state index is 0. The summed E-state index contributed by atoms with van der Waals surface area (Å²) in [6.07, 6.45) is 5.87. The second-order valence-electron chi connectivity index (χ2n) is 5.30.